The van der Waals surface area contributed by atoms with E-state index in [1.165, 1.54) is 17.5 Å². The monoisotopic (exact) mass is 425 g/mol. The highest BCUT2D eigenvalue weighted by Gasteiger charge is 2.17. The summed E-state index contributed by atoms with van der Waals surface area (Å²) < 4.78 is 5.77. The molecule has 0 unspecified atom stereocenters. The SMILES string of the molecule is CCCN(Cc1nc2cc(Cl)ccc2c(=O)[nH]1)C(=O)COc1ccc2c(c1)CCC2. The summed E-state index contributed by atoms with van der Waals surface area (Å²) in [7, 11) is 0. The average Bonchev–Trinajstić information content (AvgIpc) is 3.19. The molecule has 3 aromatic rings. The van der Waals surface area contributed by atoms with E-state index in [9.17, 15) is 9.59 Å². The zero-order chi connectivity index (χ0) is 21.1. The highest BCUT2D eigenvalue weighted by atomic mass is 35.5. The van der Waals surface area contributed by atoms with Crippen molar-refractivity contribution in [2.75, 3.05) is 13.2 Å². The van der Waals surface area contributed by atoms with Crippen LogP contribution in [0.5, 0.6) is 5.75 Å². The third kappa shape index (κ3) is 4.49. The first-order valence-corrected chi connectivity index (χ1v) is 10.6. The molecular weight excluding hydrogens is 402 g/mol. The summed E-state index contributed by atoms with van der Waals surface area (Å²) in [6.07, 6.45) is 4.13. The molecule has 0 fully saturated rings. The predicted octanol–water partition coefficient (Wildman–Crippen LogP) is 3.88. The predicted molar refractivity (Wildman–Crippen MR) is 117 cm³/mol. The summed E-state index contributed by atoms with van der Waals surface area (Å²) in [6.45, 7) is 2.70. The van der Waals surface area contributed by atoms with Gasteiger partial charge in [-0.25, -0.2) is 4.98 Å². The van der Waals surface area contributed by atoms with Crippen LogP contribution in [0.25, 0.3) is 10.9 Å². The van der Waals surface area contributed by atoms with E-state index in [2.05, 4.69) is 16.0 Å². The molecule has 1 aliphatic carbocycles. The van der Waals surface area contributed by atoms with E-state index >= 15 is 0 Å². The van der Waals surface area contributed by atoms with Crippen molar-refractivity contribution in [1.82, 2.24) is 14.9 Å². The number of aryl methyl sites for hydroxylation is 2. The topological polar surface area (TPSA) is 75.3 Å². The Bertz CT molecular complexity index is 1140. The lowest BCUT2D eigenvalue weighted by Crippen LogP contribution is -2.36. The molecule has 0 atom stereocenters. The molecule has 0 saturated carbocycles. The van der Waals surface area contributed by atoms with Gasteiger partial charge in [0.15, 0.2) is 6.61 Å². The maximum atomic E-state index is 12.8. The number of rotatable bonds is 7. The summed E-state index contributed by atoms with van der Waals surface area (Å²) >= 11 is 6.03. The van der Waals surface area contributed by atoms with Gasteiger partial charge in [0.2, 0.25) is 0 Å². The first kappa shape index (κ1) is 20.4. The van der Waals surface area contributed by atoms with Gasteiger partial charge in [0.05, 0.1) is 17.4 Å². The number of nitrogens with one attached hydrogen (secondary N) is 1. The quantitative estimate of drug-likeness (QED) is 0.623. The number of ether oxygens (including phenoxy) is 1. The van der Waals surface area contributed by atoms with Gasteiger partial charge in [0, 0.05) is 11.6 Å². The van der Waals surface area contributed by atoms with Crippen LogP contribution in [0.4, 0.5) is 0 Å². The van der Waals surface area contributed by atoms with Crippen molar-refractivity contribution in [1.29, 1.82) is 0 Å². The fourth-order valence-corrected chi connectivity index (χ4v) is 4.02. The Balaban J connectivity index is 1.47. The van der Waals surface area contributed by atoms with Gasteiger partial charge in [-0.05, 0) is 67.1 Å². The molecule has 30 heavy (non-hydrogen) atoms. The third-order valence-corrected chi connectivity index (χ3v) is 5.57. The van der Waals surface area contributed by atoms with Gasteiger partial charge >= 0.3 is 0 Å². The Morgan fingerprint density at radius 1 is 1.20 bits per heavy atom. The molecule has 4 rings (SSSR count). The Hall–Kier alpha value is -2.86. The number of benzene rings is 2. The molecule has 1 aromatic heterocycles. The number of aromatic amines is 1. The van der Waals surface area contributed by atoms with E-state index in [-0.39, 0.29) is 24.6 Å². The lowest BCUT2D eigenvalue weighted by molar-refractivity contribution is -0.134. The minimum atomic E-state index is -0.245. The normalized spacial score (nSPS) is 12.7. The minimum absolute atomic E-state index is 0.0531. The molecule has 7 heteroatoms. The lowest BCUT2D eigenvalue weighted by Gasteiger charge is -2.22. The first-order chi connectivity index (χ1) is 14.5. The molecule has 1 heterocycles. The van der Waals surface area contributed by atoms with Crippen molar-refractivity contribution in [3.05, 3.63) is 68.7 Å². The molecule has 2 aromatic carbocycles. The number of aromatic nitrogens is 2. The molecule has 1 amide bonds. The van der Waals surface area contributed by atoms with Crippen LogP contribution in [0.1, 0.15) is 36.7 Å². The second kappa shape index (κ2) is 8.88. The van der Waals surface area contributed by atoms with E-state index in [0.717, 1.165) is 19.3 Å². The third-order valence-electron chi connectivity index (χ3n) is 5.34. The van der Waals surface area contributed by atoms with Gasteiger partial charge in [0.25, 0.3) is 11.5 Å². The van der Waals surface area contributed by atoms with Gasteiger partial charge in [-0.15, -0.1) is 0 Å². The molecule has 0 aliphatic heterocycles. The molecule has 0 radical (unpaired) electrons. The molecule has 6 nitrogen and oxygen atoms in total. The van der Waals surface area contributed by atoms with Crippen LogP contribution in [-0.4, -0.2) is 33.9 Å². The average molecular weight is 426 g/mol. The van der Waals surface area contributed by atoms with Crippen LogP contribution in [0.15, 0.2) is 41.2 Å². The number of hydrogen-bond acceptors (Lipinski definition) is 4. The number of hydrogen-bond donors (Lipinski definition) is 1. The number of carbonyl (C=O) groups excluding carboxylic acids is 1. The largest absolute Gasteiger partial charge is 0.484 e. The fraction of sp³-hybridized carbons (Fsp3) is 0.348. The van der Waals surface area contributed by atoms with Crippen LogP contribution >= 0.6 is 11.6 Å². The molecule has 0 saturated heterocycles. The van der Waals surface area contributed by atoms with Crippen molar-refractivity contribution in [3.63, 3.8) is 0 Å². The zero-order valence-electron chi connectivity index (χ0n) is 16.9. The number of amides is 1. The maximum Gasteiger partial charge on any atom is 0.260 e. The lowest BCUT2D eigenvalue weighted by atomic mass is 10.1. The van der Waals surface area contributed by atoms with Crippen molar-refractivity contribution < 1.29 is 9.53 Å². The van der Waals surface area contributed by atoms with Crippen molar-refractivity contribution in [2.45, 2.75) is 39.2 Å². The van der Waals surface area contributed by atoms with Gasteiger partial charge < -0.3 is 14.6 Å². The smallest absolute Gasteiger partial charge is 0.260 e. The van der Waals surface area contributed by atoms with Crippen LogP contribution in [0.3, 0.4) is 0 Å². The van der Waals surface area contributed by atoms with E-state index in [4.69, 9.17) is 16.3 Å². The van der Waals surface area contributed by atoms with Gasteiger partial charge in [-0.1, -0.05) is 24.6 Å². The van der Waals surface area contributed by atoms with E-state index in [1.54, 1.807) is 23.1 Å². The molecule has 1 aliphatic rings. The Morgan fingerprint density at radius 3 is 2.87 bits per heavy atom. The number of fused-ring (bicyclic) bond motifs is 2. The Labute approximate surface area is 179 Å². The summed E-state index contributed by atoms with van der Waals surface area (Å²) in [5.41, 5.74) is 2.94. The summed E-state index contributed by atoms with van der Waals surface area (Å²) in [4.78, 5) is 34.1. The van der Waals surface area contributed by atoms with Gasteiger partial charge in [0.1, 0.15) is 11.6 Å². The number of H-pyrrole nitrogens is 1. The Morgan fingerprint density at radius 2 is 2.03 bits per heavy atom. The standard InChI is InChI=1S/C23H24ClN3O3/c1-2-10-27(13-21-25-20-12-17(24)7-9-19(20)23(29)26-21)22(28)14-30-18-8-6-15-4-3-5-16(15)11-18/h6-9,11-12H,2-5,10,13-14H2,1H3,(H,25,26,29). The van der Waals surface area contributed by atoms with E-state index in [0.29, 0.717) is 34.0 Å². The second-order valence-electron chi connectivity index (χ2n) is 7.56. The zero-order valence-corrected chi connectivity index (χ0v) is 17.7. The Kier molecular flexibility index (Phi) is 6.04. The molecular formula is C23H24ClN3O3. The summed E-state index contributed by atoms with van der Waals surface area (Å²) in [5.74, 6) is 0.993. The van der Waals surface area contributed by atoms with E-state index in [1.807, 2.05) is 19.1 Å². The van der Waals surface area contributed by atoms with Crippen LogP contribution in [-0.2, 0) is 24.2 Å². The number of halogens is 1. The first-order valence-electron chi connectivity index (χ1n) is 10.2. The van der Waals surface area contributed by atoms with Crippen molar-refractivity contribution >= 4 is 28.4 Å². The van der Waals surface area contributed by atoms with Crippen LogP contribution in [0.2, 0.25) is 5.02 Å². The molecule has 156 valence electrons. The van der Waals surface area contributed by atoms with E-state index < -0.39 is 0 Å². The number of nitrogens with zero attached hydrogens (tertiary/aromatic N) is 2. The highest BCUT2D eigenvalue weighted by molar-refractivity contribution is 6.31. The summed E-state index contributed by atoms with van der Waals surface area (Å²) in [6, 6.07) is 11.0. The minimum Gasteiger partial charge on any atom is -0.484 e. The maximum absolute atomic E-state index is 12.8. The van der Waals surface area contributed by atoms with Crippen molar-refractivity contribution in [2.24, 2.45) is 0 Å². The van der Waals surface area contributed by atoms with Crippen LogP contribution in [0, 0.1) is 0 Å². The highest BCUT2D eigenvalue weighted by Crippen LogP contribution is 2.26. The van der Waals surface area contributed by atoms with Gasteiger partial charge in [-0.2, -0.15) is 0 Å². The van der Waals surface area contributed by atoms with Crippen LogP contribution < -0.4 is 10.3 Å². The van der Waals surface area contributed by atoms with Crippen molar-refractivity contribution in [3.8, 4) is 5.75 Å². The fourth-order valence-electron chi connectivity index (χ4n) is 3.85. The summed E-state index contributed by atoms with van der Waals surface area (Å²) in [5, 5.41) is 0.979. The van der Waals surface area contributed by atoms with Gasteiger partial charge in [-0.3, -0.25) is 9.59 Å². The molecule has 1 N–H and O–H groups in total. The molecule has 0 spiro atoms. The molecule has 0 bridgehead atoms. The number of carbonyl (C=O) groups is 1. The second-order valence-corrected chi connectivity index (χ2v) is 8.00.